The summed E-state index contributed by atoms with van der Waals surface area (Å²) in [6.07, 6.45) is 1.06. The number of hydrogen-bond acceptors (Lipinski definition) is 1. The van der Waals surface area contributed by atoms with Gasteiger partial charge in [0.25, 0.3) is 8.05 Å². The Kier molecular flexibility index (Phi) is 4.21. The maximum atomic E-state index is 5.68. The van der Waals surface area contributed by atoms with E-state index in [1.807, 2.05) is 0 Å². The average Bonchev–Trinajstić information content (AvgIpc) is 2.39. The number of aryl methyl sites for hydroxylation is 2. The number of hydrogen-bond donors (Lipinski definition) is 0. The molecule has 0 bridgehead atoms. The molecule has 0 saturated heterocycles. The van der Waals surface area contributed by atoms with E-state index in [1.165, 1.54) is 22.3 Å². The Labute approximate surface area is 110 Å². The highest BCUT2D eigenvalue weighted by atomic mass is 16.4. The van der Waals surface area contributed by atoms with Gasteiger partial charge in [-0.2, -0.15) is 0 Å². The predicted octanol–water partition coefficient (Wildman–Crippen LogP) is 3.15. The summed E-state index contributed by atoms with van der Waals surface area (Å²) in [6, 6.07) is 16.9. The molecule has 0 spiro atoms. The van der Waals surface area contributed by atoms with Crippen molar-refractivity contribution in [2.75, 3.05) is 0 Å². The van der Waals surface area contributed by atoms with Gasteiger partial charge in [0.2, 0.25) is 0 Å². The summed E-state index contributed by atoms with van der Waals surface area (Å²) in [7, 11) is 1.79. The van der Waals surface area contributed by atoms with Crippen LogP contribution in [0.4, 0.5) is 0 Å². The fourth-order valence-corrected chi connectivity index (χ4v) is 2.31. The van der Waals surface area contributed by atoms with E-state index >= 15 is 0 Å². The molecular weight excluding hydrogens is 219 g/mol. The van der Waals surface area contributed by atoms with Crippen molar-refractivity contribution in [3.63, 3.8) is 0 Å². The first-order chi connectivity index (χ1) is 8.72. The molecule has 0 aliphatic carbocycles. The maximum absolute atomic E-state index is 5.68. The Balaban J connectivity index is 2.26. The molecule has 0 radical (unpaired) electrons. The van der Waals surface area contributed by atoms with Gasteiger partial charge < -0.3 is 4.65 Å². The lowest BCUT2D eigenvalue weighted by atomic mass is 9.95. The molecule has 2 aromatic carbocycles. The summed E-state index contributed by atoms with van der Waals surface area (Å²) in [5.41, 5.74) is 5.25. The van der Waals surface area contributed by atoms with Crippen molar-refractivity contribution >= 4 is 8.05 Å². The monoisotopic (exact) mass is 238 g/mol. The van der Waals surface area contributed by atoms with Gasteiger partial charge in [-0.1, -0.05) is 48.5 Å². The molecule has 92 valence electrons. The Hall–Kier alpha value is -1.54. The maximum Gasteiger partial charge on any atom is 0.258 e. The molecule has 0 aliphatic rings. The summed E-state index contributed by atoms with van der Waals surface area (Å²) >= 11 is 0. The topological polar surface area (TPSA) is 9.23 Å². The molecule has 18 heavy (non-hydrogen) atoms. The molecule has 0 N–H and O–H groups in total. The van der Waals surface area contributed by atoms with Crippen LogP contribution in [0.15, 0.2) is 48.5 Å². The van der Waals surface area contributed by atoms with Crippen molar-refractivity contribution in [3.8, 4) is 0 Å². The van der Waals surface area contributed by atoms with Crippen LogP contribution in [0.25, 0.3) is 0 Å². The van der Waals surface area contributed by atoms with E-state index in [9.17, 15) is 0 Å². The lowest BCUT2D eigenvalue weighted by Gasteiger charge is -2.19. The zero-order valence-electron chi connectivity index (χ0n) is 11.3. The van der Waals surface area contributed by atoms with Crippen LogP contribution in [0.2, 0.25) is 0 Å². The van der Waals surface area contributed by atoms with Crippen molar-refractivity contribution in [1.29, 1.82) is 0 Å². The molecule has 0 saturated carbocycles. The van der Waals surface area contributed by atoms with Crippen molar-refractivity contribution in [3.05, 3.63) is 70.8 Å². The smallest absolute Gasteiger partial charge is 0.258 e. The third-order valence-corrected chi connectivity index (χ3v) is 3.49. The predicted molar refractivity (Wildman–Crippen MR) is 78.4 cm³/mol. The zero-order valence-corrected chi connectivity index (χ0v) is 11.3. The van der Waals surface area contributed by atoms with Crippen molar-refractivity contribution in [2.45, 2.75) is 26.4 Å². The molecule has 1 unspecified atom stereocenters. The Morgan fingerprint density at radius 2 is 1.56 bits per heavy atom. The van der Waals surface area contributed by atoms with E-state index in [-0.39, 0.29) is 6.10 Å². The second-order valence-corrected chi connectivity index (χ2v) is 4.71. The first-order valence-electron chi connectivity index (χ1n) is 6.35. The first kappa shape index (κ1) is 12.9. The van der Waals surface area contributed by atoms with E-state index in [2.05, 4.69) is 62.4 Å². The highest BCUT2D eigenvalue weighted by Gasteiger charge is 2.13. The standard InChI is InChI=1S/C16H19BO/c1-12-7-3-5-9-14(12)11-16(18-17)15-10-6-4-8-13(15)2/h3-10,16H,11,17H2,1-2H3. The van der Waals surface area contributed by atoms with Gasteiger partial charge in [-0.3, -0.25) is 0 Å². The SMILES string of the molecule is BOC(Cc1ccccc1C)c1ccccc1C. The van der Waals surface area contributed by atoms with Gasteiger partial charge in [0.1, 0.15) is 0 Å². The molecular formula is C16H19BO. The van der Waals surface area contributed by atoms with E-state index in [0.717, 1.165) is 6.42 Å². The van der Waals surface area contributed by atoms with Crippen LogP contribution in [-0.2, 0) is 11.1 Å². The van der Waals surface area contributed by atoms with Gasteiger partial charge in [0, 0.05) is 6.42 Å². The molecule has 0 heterocycles. The third-order valence-electron chi connectivity index (χ3n) is 3.49. The first-order valence-corrected chi connectivity index (χ1v) is 6.35. The van der Waals surface area contributed by atoms with Gasteiger partial charge in [0.15, 0.2) is 0 Å². The third kappa shape index (κ3) is 2.83. The van der Waals surface area contributed by atoms with Crippen LogP contribution in [0.5, 0.6) is 0 Å². The summed E-state index contributed by atoms with van der Waals surface area (Å²) in [4.78, 5) is 0. The molecule has 2 heteroatoms. The molecule has 2 rings (SSSR count). The molecule has 1 atom stereocenters. The summed E-state index contributed by atoms with van der Waals surface area (Å²) in [5, 5.41) is 0. The summed E-state index contributed by atoms with van der Waals surface area (Å²) < 4.78 is 5.68. The van der Waals surface area contributed by atoms with Crippen molar-refractivity contribution in [1.82, 2.24) is 0 Å². The van der Waals surface area contributed by atoms with Gasteiger partial charge in [0.05, 0.1) is 6.10 Å². The van der Waals surface area contributed by atoms with E-state index in [0.29, 0.717) is 0 Å². The van der Waals surface area contributed by atoms with Crippen LogP contribution < -0.4 is 0 Å². The fraction of sp³-hybridized carbons (Fsp3) is 0.250. The second kappa shape index (κ2) is 5.88. The van der Waals surface area contributed by atoms with E-state index < -0.39 is 0 Å². The molecule has 2 aromatic rings. The number of rotatable bonds is 4. The van der Waals surface area contributed by atoms with Gasteiger partial charge in [-0.25, -0.2) is 0 Å². The van der Waals surface area contributed by atoms with Gasteiger partial charge >= 0.3 is 0 Å². The lowest BCUT2D eigenvalue weighted by Crippen LogP contribution is -2.08. The van der Waals surface area contributed by atoms with Gasteiger partial charge in [-0.05, 0) is 36.1 Å². The van der Waals surface area contributed by atoms with Crippen LogP contribution >= 0.6 is 0 Å². The second-order valence-electron chi connectivity index (χ2n) is 4.71. The van der Waals surface area contributed by atoms with Crippen LogP contribution in [0, 0.1) is 13.8 Å². The molecule has 0 fully saturated rings. The van der Waals surface area contributed by atoms with Crippen molar-refractivity contribution < 1.29 is 4.65 Å². The summed E-state index contributed by atoms with van der Waals surface area (Å²) in [5.74, 6) is 0. The Morgan fingerprint density at radius 1 is 0.944 bits per heavy atom. The van der Waals surface area contributed by atoms with E-state index in [1.54, 1.807) is 8.05 Å². The minimum Gasteiger partial charge on any atom is -0.437 e. The normalized spacial score (nSPS) is 12.3. The molecule has 0 amide bonds. The average molecular weight is 238 g/mol. The van der Waals surface area contributed by atoms with Crippen molar-refractivity contribution in [2.24, 2.45) is 0 Å². The lowest BCUT2D eigenvalue weighted by molar-refractivity contribution is 0.226. The minimum atomic E-state index is 0.132. The molecule has 0 aliphatic heterocycles. The zero-order chi connectivity index (χ0) is 13.0. The van der Waals surface area contributed by atoms with Gasteiger partial charge in [-0.15, -0.1) is 0 Å². The molecule has 1 nitrogen and oxygen atoms in total. The summed E-state index contributed by atoms with van der Waals surface area (Å²) in [6.45, 7) is 4.29. The minimum absolute atomic E-state index is 0.132. The van der Waals surface area contributed by atoms with Crippen LogP contribution in [-0.4, -0.2) is 8.05 Å². The Morgan fingerprint density at radius 3 is 2.17 bits per heavy atom. The van der Waals surface area contributed by atoms with Crippen LogP contribution in [0.1, 0.15) is 28.4 Å². The quantitative estimate of drug-likeness (QED) is 0.743. The number of benzene rings is 2. The fourth-order valence-electron chi connectivity index (χ4n) is 2.31. The largest absolute Gasteiger partial charge is 0.437 e. The van der Waals surface area contributed by atoms with E-state index in [4.69, 9.17) is 4.65 Å². The molecule has 0 aromatic heterocycles. The van der Waals surface area contributed by atoms with Crippen LogP contribution in [0.3, 0.4) is 0 Å². The highest BCUT2D eigenvalue weighted by Crippen LogP contribution is 2.25. The highest BCUT2D eigenvalue weighted by molar-refractivity contribution is 5.98. The Bertz CT molecular complexity index is 522.